The summed E-state index contributed by atoms with van der Waals surface area (Å²) in [6.07, 6.45) is -2.02. The van der Waals surface area contributed by atoms with Gasteiger partial charge in [-0.3, -0.25) is 14.5 Å². The number of hydrogen-bond donors (Lipinski definition) is 1. The fraction of sp³-hybridized carbons (Fsp3) is 0.304. The van der Waals surface area contributed by atoms with Gasteiger partial charge in [-0.2, -0.15) is 18.3 Å². The molecule has 0 radical (unpaired) electrons. The van der Waals surface area contributed by atoms with Crippen molar-refractivity contribution < 1.29 is 27.2 Å². The van der Waals surface area contributed by atoms with Crippen LogP contribution < -0.4 is 10.2 Å². The van der Waals surface area contributed by atoms with Gasteiger partial charge in [0.05, 0.1) is 29.2 Å². The molecule has 12 heteroatoms. The first-order valence-electron chi connectivity index (χ1n) is 10.8. The van der Waals surface area contributed by atoms with E-state index in [1.165, 1.54) is 36.4 Å². The van der Waals surface area contributed by atoms with Gasteiger partial charge in [0.1, 0.15) is 18.5 Å². The Labute approximate surface area is 198 Å². The topological polar surface area (TPSA) is 83.4 Å². The minimum absolute atomic E-state index is 0.0402. The number of hydrogen-bond acceptors (Lipinski definition) is 6. The third-order valence-electron chi connectivity index (χ3n) is 5.70. The number of Topliss-reactive ketones (excluding diaryl/α,β-unsaturated/α-hetero) is 1. The molecular weight excluding hydrogens is 468 g/mol. The zero-order valence-corrected chi connectivity index (χ0v) is 18.7. The normalized spacial score (nSPS) is 14.7. The van der Waals surface area contributed by atoms with E-state index in [0.717, 1.165) is 12.1 Å². The predicted octanol–water partition coefficient (Wildman–Crippen LogP) is 3.39. The first kappa shape index (κ1) is 24.3. The van der Waals surface area contributed by atoms with Crippen LogP contribution in [-0.2, 0) is 11.0 Å². The summed E-state index contributed by atoms with van der Waals surface area (Å²) in [4.78, 5) is 31.6. The summed E-state index contributed by atoms with van der Waals surface area (Å²) >= 11 is 0. The zero-order chi connectivity index (χ0) is 25.2. The number of aromatic nitrogens is 3. The Morgan fingerprint density at radius 1 is 1.03 bits per heavy atom. The van der Waals surface area contributed by atoms with E-state index >= 15 is 0 Å². The van der Waals surface area contributed by atoms with Crippen LogP contribution in [0.25, 0.3) is 5.69 Å². The third-order valence-corrected chi connectivity index (χ3v) is 5.70. The fourth-order valence-electron chi connectivity index (χ4n) is 3.87. The molecule has 184 valence electrons. The Hall–Kier alpha value is -3.80. The van der Waals surface area contributed by atoms with Crippen molar-refractivity contribution >= 4 is 23.1 Å². The van der Waals surface area contributed by atoms with Crippen molar-refractivity contribution in [1.82, 2.24) is 19.7 Å². The van der Waals surface area contributed by atoms with Crippen LogP contribution in [0.3, 0.4) is 0 Å². The molecule has 0 bridgehead atoms. The van der Waals surface area contributed by atoms with Crippen LogP contribution in [-0.4, -0.2) is 64.1 Å². The number of amides is 1. The Balaban J connectivity index is 1.41. The Bertz CT molecular complexity index is 1220. The number of alkyl halides is 3. The van der Waals surface area contributed by atoms with Crippen LogP contribution >= 0.6 is 0 Å². The number of rotatable bonds is 6. The van der Waals surface area contributed by atoms with E-state index in [2.05, 4.69) is 15.4 Å². The lowest BCUT2D eigenvalue weighted by Crippen LogP contribution is -2.49. The molecule has 1 aliphatic rings. The monoisotopic (exact) mass is 490 g/mol. The van der Waals surface area contributed by atoms with Crippen molar-refractivity contribution in [2.75, 3.05) is 42.9 Å². The van der Waals surface area contributed by atoms with Crippen LogP contribution in [0.4, 0.5) is 28.9 Å². The van der Waals surface area contributed by atoms with Gasteiger partial charge in [0.2, 0.25) is 5.91 Å². The predicted molar refractivity (Wildman–Crippen MR) is 120 cm³/mol. The average Bonchev–Trinajstić information content (AvgIpc) is 3.33. The number of halogens is 4. The molecule has 35 heavy (non-hydrogen) atoms. The number of carbonyl (C=O) groups excluding carboxylic acids is 2. The lowest BCUT2D eigenvalue weighted by molar-refractivity contribution is -0.137. The number of ketones is 1. The summed E-state index contributed by atoms with van der Waals surface area (Å²) in [6.45, 7) is 3.09. The number of nitrogens with one attached hydrogen (secondary N) is 1. The number of carbonyl (C=O) groups is 2. The van der Waals surface area contributed by atoms with Crippen LogP contribution in [0, 0.1) is 5.82 Å². The molecule has 1 aromatic heterocycles. The number of nitrogens with zero attached hydrogens (tertiary/aromatic N) is 5. The standard InChI is InChI=1S/C23H22F4N6O2/c1-15(34)16-2-4-20(18(24)10-16)32-8-6-31(7-9-32)12-22(35)30-19-11-17(23(25,26)27)3-5-21(19)33-14-28-13-29-33/h2-5,10-11,13-14H,6-9,12H2,1H3,(H,30,35). The summed E-state index contributed by atoms with van der Waals surface area (Å²) < 4.78 is 55.4. The molecule has 0 saturated carbocycles. The molecule has 1 amide bonds. The first-order chi connectivity index (χ1) is 16.6. The highest BCUT2D eigenvalue weighted by atomic mass is 19.4. The van der Waals surface area contributed by atoms with E-state index in [4.69, 9.17) is 0 Å². The lowest BCUT2D eigenvalue weighted by atomic mass is 10.1. The largest absolute Gasteiger partial charge is 0.416 e. The van der Waals surface area contributed by atoms with Crippen molar-refractivity contribution in [3.05, 3.63) is 66.0 Å². The molecule has 3 aromatic rings. The van der Waals surface area contributed by atoms with Crippen LogP contribution in [0.15, 0.2) is 49.1 Å². The summed E-state index contributed by atoms with van der Waals surface area (Å²) in [5, 5.41) is 6.48. The minimum Gasteiger partial charge on any atom is -0.367 e. The Kier molecular flexibility index (Phi) is 6.83. The molecule has 1 aliphatic heterocycles. The van der Waals surface area contributed by atoms with E-state index in [9.17, 15) is 27.2 Å². The molecular formula is C23H22F4N6O2. The van der Waals surface area contributed by atoms with Crippen LogP contribution in [0.1, 0.15) is 22.8 Å². The van der Waals surface area contributed by atoms with Crippen molar-refractivity contribution in [1.29, 1.82) is 0 Å². The van der Waals surface area contributed by atoms with Crippen molar-refractivity contribution in [3.8, 4) is 5.69 Å². The van der Waals surface area contributed by atoms with E-state index in [0.29, 0.717) is 37.4 Å². The zero-order valence-electron chi connectivity index (χ0n) is 18.7. The van der Waals surface area contributed by atoms with E-state index in [1.807, 2.05) is 9.80 Å². The third kappa shape index (κ3) is 5.65. The van der Waals surface area contributed by atoms with Crippen LogP contribution in [0.5, 0.6) is 0 Å². The maximum atomic E-state index is 14.5. The molecule has 1 saturated heterocycles. The minimum atomic E-state index is -4.57. The van der Waals surface area contributed by atoms with Crippen molar-refractivity contribution in [2.45, 2.75) is 13.1 Å². The van der Waals surface area contributed by atoms with Gasteiger partial charge in [-0.15, -0.1) is 0 Å². The summed E-state index contributed by atoms with van der Waals surface area (Å²) in [5.41, 5.74) is -0.0233. The second kappa shape index (κ2) is 9.82. The van der Waals surface area contributed by atoms with Gasteiger partial charge in [-0.25, -0.2) is 14.1 Å². The van der Waals surface area contributed by atoms with Crippen LogP contribution in [0.2, 0.25) is 0 Å². The first-order valence-corrected chi connectivity index (χ1v) is 10.8. The van der Waals surface area contributed by atoms with Crippen molar-refractivity contribution in [2.24, 2.45) is 0 Å². The highest BCUT2D eigenvalue weighted by Crippen LogP contribution is 2.33. The van der Waals surface area contributed by atoms with Gasteiger partial charge in [0, 0.05) is 31.7 Å². The molecule has 0 unspecified atom stereocenters. The summed E-state index contributed by atoms with van der Waals surface area (Å²) in [7, 11) is 0. The molecule has 4 rings (SSSR count). The van der Waals surface area contributed by atoms with Gasteiger partial charge in [0.25, 0.3) is 0 Å². The quantitative estimate of drug-likeness (QED) is 0.421. The highest BCUT2D eigenvalue weighted by Gasteiger charge is 2.31. The van der Waals surface area contributed by atoms with Gasteiger partial charge in [-0.1, -0.05) is 0 Å². The molecule has 2 aromatic carbocycles. The average molecular weight is 490 g/mol. The SMILES string of the molecule is CC(=O)c1ccc(N2CCN(CC(=O)Nc3cc(C(F)(F)F)ccc3-n3cncn3)CC2)c(F)c1. The molecule has 1 fully saturated rings. The van der Waals surface area contributed by atoms with Gasteiger partial charge in [0.15, 0.2) is 5.78 Å². The second-order valence-electron chi connectivity index (χ2n) is 8.10. The molecule has 8 nitrogen and oxygen atoms in total. The van der Waals surface area contributed by atoms with E-state index in [1.54, 1.807) is 12.1 Å². The molecule has 0 atom stereocenters. The highest BCUT2D eigenvalue weighted by molar-refractivity contribution is 5.95. The number of anilines is 2. The number of piperazine rings is 1. The molecule has 0 aliphatic carbocycles. The maximum Gasteiger partial charge on any atom is 0.416 e. The smallest absolute Gasteiger partial charge is 0.367 e. The molecule has 1 N–H and O–H groups in total. The van der Waals surface area contributed by atoms with Gasteiger partial charge < -0.3 is 10.2 Å². The van der Waals surface area contributed by atoms with Gasteiger partial charge in [-0.05, 0) is 43.3 Å². The van der Waals surface area contributed by atoms with E-state index < -0.39 is 23.5 Å². The number of benzene rings is 2. The Morgan fingerprint density at radius 3 is 2.34 bits per heavy atom. The second-order valence-corrected chi connectivity index (χ2v) is 8.10. The molecule has 0 spiro atoms. The molecule has 2 heterocycles. The fourth-order valence-corrected chi connectivity index (χ4v) is 3.87. The van der Waals surface area contributed by atoms with Crippen molar-refractivity contribution in [3.63, 3.8) is 0 Å². The Morgan fingerprint density at radius 2 is 1.74 bits per heavy atom. The van der Waals surface area contributed by atoms with Gasteiger partial charge >= 0.3 is 6.18 Å². The summed E-state index contributed by atoms with van der Waals surface area (Å²) in [6, 6.07) is 7.33. The van der Waals surface area contributed by atoms with E-state index in [-0.39, 0.29) is 23.7 Å². The maximum absolute atomic E-state index is 14.5. The summed E-state index contributed by atoms with van der Waals surface area (Å²) in [5.74, 6) is -1.20. The lowest BCUT2D eigenvalue weighted by Gasteiger charge is -2.35.